The van der Waals surface area contributed by atoms with Gasteiger partial charge in [-0.2, -0.15) is 0 Å². The van der Waals surface area contributed by atoms with Crippen molar-refractivity contribution in [1.29, 1.82) is 0 Å². The Bertz CT molecular complexity index is 442. The first-order chi connectivity index (χ1) is 7.43. The zero-order chi connectivity index (χ0) is 10.1. The molecule has 1 aromatic carbocycles. The van der Waals surface area contributed by atoms with Gasteiger partial charge in [0.2, 0.25) is 0 Å². The molecule has 2 aromatic rings. The van der Waals surface area contributed by atoms with E-state index in [0.29, 0.717) is 0 Å². The van der Waals surface area contributed by atoms with Gasteiger partial charge in [0.05, 0.1) is 6.20 Å². The zero-order valence-corrected chi connectivity index (χ0v) is 8.30. The molecule has 0 fully saturated rings. The molecule has 3 rings (SSSR count). The highest BCUT2D eigenvalue weighted by molar-refractivity contribution is 5.45. The van der Waals surface area contributed by atoms with Crippen LogP contribution in [0.2, 0.25) is 0 Å². The van der Waals surface area contributed by atoms with Gasteiger partial charge in [-0.3, -0.25) is 4.98 Å². The van der Waals surface area contributed by atoms with E-state index in [1.54, 1.807) is 12.4 Å². The summed E-state index contributed by atoms with van der Waals surface area (Å²) in [7, 11) is 0. The maximum Gasteiger partial charge on any atom is 0.147 e. The van der Waals surface area contributed by atoms with E-state index in [4.69, 9.17) is 0 Å². The lowest BCUT2D eigenvalue weighted by Gasteiger charge is -2.14. The van der Waals surface area contributed by atoms with E-state index in [1.165, 1.54) is 11.1 Å². The summed E-state index contributed by atoms with van der Waals surface area (Å²) < 4.78 is 0. The lowest BCUT2D eigenvalue weighted by molar-refractivity contribution is 0.850. The molecule has 0 N–H and O–H groups in total. The van der Waals surface area contributed by atoms with Crippen LogP contribution < -0.4 is 4.90 Å². The van der Waals surface area contributed by atoms with E-state index in [1.807, 2.05) is 6.20 Å². The van der Waals surface area contributed by atoms with Gasteiger partial charge in [-0.25, -0.2) is 4.98 Å². The number of aromatic nitrogens is 2. The van der Waals surface area contributed by atoms with Crippen molar-refractivity contribution in [3.8, 4) is 0 Å². The molecule has 74 valence electrons. The molecule has 3 heteroatoms. The molecule has 1 aliphatic rings. The molecule has 15 heavy (non-hydrogen) atoms. The quantitative estimate of drug-likeness (QED) is 0.700. The van der Waals surface area contributed by atoms with Crippen LogP contribution in [0.1, 0.15) is 11.1 Å². The molecule has 0 atom stereocenters. The molecule has 0 radical (unpaired) electrons. The molecule has 3 nitrogen and oxygen atoms in total. The highest BCUT2D eigenvalue weighted by atomic mass is 15.2. The fourth-order valence-electron chi connectivity index (χ4n) is 1.95. The van der Waals surface area contributed by atoms with Crippen LogP contribution in [0, 0.1) is 0 Å². The topological polar surface area (TPSA) is 29.0 Å². The van der Waals surface area contributed by atoms with Crippen LogP contribution >= 0.6 is 0 Å². The molecule has 0 bridgehead atoms. The summed E-state index contributed by atoms with van der Waals surface area (Å²) in [5.74, 6) is 0.953. The fraction of sp³-hybridized carbons (Fsp3) is 0.167. The van der Waals surface area contributed by atoms with E-state index < -0.39 is 0 Å². The minimum absolute atomic E-state index is 0.939. The number of hydrogen-bond donors (Lipinski definition) is 0. The van der Waals surface area contributed by atoms with Gasteiger partial charge in [0.15, 0.2) is 0 Å². The largest absolute Gasteiger partial charge is 0.347 e. The summed E-state index contributed by atoms with van der Waals surface area (Å²) in [5, 5.41) is 0. The summed E-state index contributed by atoms with van der Waals surface area (Å²) in [6.45, 7) is 1.88. The van der Waals surface area contributed by atoms with Crippen molar-refractivity contribution in [2.75, 3.05) is 4.90 Å². The lowest BCUT2D eigenvalue weighted by atomic mass is 10.1. The predicted molar refractivity (Wildman–Crippen MR) is 58.4 cm³/mol. The Morgan fingerprint density at radius 3 is 2.33 bits per heavy atom. The van der Waals surface area contributed by atoms with Crippen molar-refractivity contribution in [3.05, 3.63) is 54.0 Å². The number of hydrogen-bond acceptors (Lipinski definition) is 3. The molecule has 0 unspecified atom stereocenters. The number of anilines is 1. The van der Waals surface area contributed by atoms with E-state index in [9.17, 15) is 0 Å². The number of benzene rings is 1. The van der Waals surface area contributed by atoms with E-state index in [0.717, 1.165) is 18.9 Å². The summed E-state index contributed by atoms with van der Waals surface area (Å²) in [6.07, 6.45) is 5.25. The summed E-state index contributed by atoms with van der Waals surface area (Å²) >= 11 is 0. The van der Waals surface area contributed by atoms with Crippen molar-refractivity contribution in [3.63, 3.8) is 0 Å². The third-order valence-corrected chi connectivity index (χ3v) is 2.71. The standard InChI is InChI=1S/C12H11N3/c1-2-4-11-9-15(8-10(11)3-1)12-7-13-5-6-14-12/h1-7H,8-9H2. The second-order valence-electron chi connectivity index (χ2n) is 3.69. The van der Waals surface area contributed by atoms with Crippen LogP contribution in [0.3, 0.4) is 0 Å². The Balaban J connectivity index is 1.91. The third kappa shape index (κ3) is 1.46. The van der Waals surface area contributed by atoms with Gasteiger partial charge in [-0.1, -0.05) is 24.3 Å². The molecule has 0 spiro atoms. The van der Waals surface area contributed by atoms with Gasteiger partial charge in [0.1, 0.15) is 5.82 Å². The first kappa shape index (κ1) is 8.41. The first-order valence-corrected chi connectivity index (χ1v) is 5.01. The Morgan fingerprint density at radius 2 is 1.73 bits per heavy atom. The molecule has 2 heterocycles. The van der Waals surface area contributed by atoms with Crippen LogP contribution in [0.4, 0.5) is 5.82 Å². The van der Waals surface area contributed by atoms with Crippen LogP contribution in [0.15, 0.2) is 42.9 Å². The Morgan fingerprint density at radius 1 is 1.00 bits per heavy atom. The molecule has 1 aromatic heterocycles. The molecular formula is C12H11N3. The third-order valence-electron chi connectivity index (χ3n) is 2.71. The van der Waals surface area contributed by atoms with Crippen LogP contribution in [-0.2, 0) is 13.1 Å². The minimum atomic E-state index is 0.939. The van der Waals surface area contributed by atoms with Crippen molar-refractivity contribution >= 4 is 5.82 Å². The number of nitrogens with zero attached hydrogens (tertiary/aromatic N) is 3. The fourth-order valence-corrected chi connectivity index (χ4v) is 1.95. The summed E-state index contributed by atoms with van der Waals surface area (Å²) in [6, 6.07) is 8.51. The lowest BCUT2D eigenvalue weighted by Crippen LogP contribution is -2.15. The average Bonchev–Trinajstić information content (AvgIpc) is 2.74. The van der Waals surface area contributed by atoms with Gasteiger partial charge in [0.25, 0.3) is 0 Å². The molecule has 0 saturated carbocycles. The van der Waals surface area contributed by atoms with Crippen LogP contribution in [0.25, 0.3) is 0 Å². The summed E-state index contributed by atoms with van der Waals surface area (Å²) in [5.41, 5.74) is 2.78. The van der Waals surface area contributed by atoms with Gasteiger partial charge in [0, 0.05) is 25.5 Å². The van der Waals surface area contributed by atoms with E-state index in [2.05, 4.69) is 39.1 Å². The first-order valence-electron chi connectivity index (χ1n) is 5.01. The monoisotopic (exact) mass is 197 g/mol. The highest BCUT2D eigenvalue weighted by Gasteiger charge is 2.18. The molecule has 0 amide bonds. The van der Waals surface area contributed by atoms with Gasteiger partial charge >= 0.3 is 0 Å². The van der Waals surface area contributed by atoms with Gasteiger partial charge < -0.3 is 4.90 Å². The minimum Gasteiger partial charge on any atom is -0.347 e. The number of rotatable bonds is 1. The predicted octanol–water partition coefficient (Wildman–Crippen LogP) is 2.00. The second-order valence-corrected chi connectivity index (χ2v) is 3.69. The molecule has 0 aliphatic carbocycles. The highest BCUT2D eigenvalue weighted by Crippen LogP contribution is 2.25. The van der Waals surface area contributed by atoms with Crippen LogP contribution in [-0.4, -0.2) is 9.97 Å². The maximum absolute atomic E-state index is 4.31. The van der Waals surface area contributed by atoms with Crippen molar-refractivity contribution < 1.29 is 0 Å². The van der Waals surface area contributed by atoms with E-state index in [-0.39, 0.29) is 0 Å². The summed E-state index contributed by atoms with van der Waals surface area (Å²) in [4.78, 5) is 10.6. The average molecular weight is 197 g/mol. The van der Waals surface area contributed by atoms with Gasteiger partial charge in [-0.15, -0.1) is 0 Å². The number of fused-ring (bicyclic) bond motifs is 1. The van der Waals surface area contributed by atoms with E-state index >= 15 is 0 Å². The Hall–Kier alpha value is -1.90. The second kappa shape index (κ2) is 3.35. The SMILES string of the molecule is c1ccc2c(c1)CN(c1cnccn1)C2. The van der Waals surface area contributed by atoms with Crippen molar-refractivity contribution in [2.45, 2.75) is 13.1 Å². The smallest absolute Gasteiger partial charge is 0.147 e. The molecule has 0 saturated heterocycles. The maximum atomic E-state index is 4.31. The van der Waals surface area contributed by atoms with Crippen molar-refractivity contribution in [2.24, 2.45) is 0 Å². The Labute approximate surface area is 88.4 Å². The Kier molecular flexibility index (Phi) is 1.88. The van der Waals surface area contributed by atoms with Crippen LogP contribution in [0.5, 0.6) is 0 Å². The van der Waals surface area contributed by atoms with Crippen molar-refractivity contribution in [1.82, 2.24) is 9.97 Å². The molecular weight excluding hydrogens is 186 g/mol. The molecule has 1 aliphatic heterocycles. The zero-order valence-electron chi connectivity index (χ0n) is 8.30. The van der Waals surface area contributed by atoms with Gasteiger partial charge in [-0.05, 0) is 11.1 Å². The normalized spacial score (nSPS) is 14.0.